The van der Waals surface area contributed by atoms with Crippen molar-refractivity contribution in [3.05, 3.63) is 12.2 Å². The van der Waals surface area contributed by atoms with E-state index in [0.717, 1.165) is 25.0 Å². The first-order chi connectivity index (χ1) is 13.1. The van der Waals surface area contributed by atoms with Crippen LogP contribution in [0.3, 0.4) is 0 Å². The van der Waals surface area contributed by atoms with Gasteiger partial charge in [-0.25, -0.2) is 0 Å². The molecule has 3 saturated heterocycles. The largest absolute Gasteiger partial charge is 0.463 e. The van der Waals surface area contributed by atoms with E-state index in [1.54, 1.807) is 0 Å². The van der Waals surface area contributed by atoms with Gasteiger partial charge in [-0.2, -0.15) is 0 Å². The van der Waals surface area contributed by atoms with Crippen LogP contribution in [0.15, 0.2) is 12.2 Å². The van der Waals surface area contributed by atoms with Crippen molar-refractivity contribution in [3.63, 3.8) is 0 Å². The first-order valence-corrected chi connectivity index (χ1v) is 10.8. The first kappa shape index (κ1) is 16.8. The zero-order valence-electron chi connectivity index (χ0n) is 16.5. The second-order valence-electron chi connectivity index (χ2n) is 11.5. The second kappa shape index (κ2) is 4.25. The molecule has 3 aliphatic heterocycles. The molecule has 9 rings (SSSR count). The molecular formula is C22H29NO5. The molecule has 6 nitrogen and oxygen atoms in total. The molecule has 13 atom stereocenters. The highest BCUT2D eigenvalue weighted by Gasteiger charge is 2.94. The quantitative estimate of drug-likeness (QED) is 0.447. The van der Waals surface area contributed by atoms with E-state index in [4.69, 9.17) is 4.74 Å². The molecule has 28 heavy (non-hydrogen) atoms. The van der Waals surface area contributed by atoms with Crippen LogP contribution >= 0.6 is 0 Å². The summed E-state index contributed by atoms with van der Waals surface area (Å²) in [6.45, 7) is 8.85. The van der Waals surface area contributed by atoms with Gasteiger partial charge in [0.2, 0.25) is 0 Å². The molecule has 6 saturated carbocycles. The highest BCUT2D eigenvalue weighted by molar-refractivity contribution is 5.66. The first-order valence-electron chi connectivity index (χ1n) is 10.8. The number of esters is 1. The summed E-state index contributed by atoms with van der Waals surface area (Å²) >= 11 is 0. The molecular weight excluding hydrogens is 358 g/mol. The molecule has 0 amide bonds. The minimum absolute atomic E-state index is 0.0237. The zero-order chi connectivity index (χ0) is 19.6. The Kier molecular flexibility index (Phi) is 2.55. The minimum atomic E-state index is -1.20. The summed E-state index contributed by atoms with van der Waals surface area (Å²) in [6.07, 6.45) is 1.27. The lowest BCUT2D eigenvalue weighted by molar-refractivity contribution is -0.280. The maximum Gasteiger partial charge on any atom is 0.302 e. The molecule has 6 aliphatic carbocycles. The number of carbonyl (C=O) groups excluding carboxylic acids is 1. The smallest absolute Gasteiger partial charge is 0.302 e. The fraction of sp³-hybridized carbons (Fsp3) is 0.864. The van der Waals surface area contributed by atoms with E-state index in [-0.39, 0.29) is 34.9 Å². The molecule has 9 bridgehead atoms. The Hall–Kier alpha value is -0.950. The summed E-state index contributed by atoms with van der Waals surface area (Å²) in [5, 5.41) is 35.1. The third kappa shape index (κ3) is 1.26. The van der Waals surface area contributed by atoms with Gasteiger partial charge >= 0.3 is 5.97 Å². The van der Waals surface area contributed by atoms with E-state index < -0.39 is 29.1 Å². The number of ether oxygens (including phenoxy) is 1. The van der Waals surface area contributed by atoms with E-state index in [2.05, 4.69) is 18.4 Å². The maximum atomic E-state index is 12.2. The van der Waals surface area contributed by atoms with Gasteiger partial charge in [0.1, 0.15) is 11.7 Å². The van der Waals surface area contributed by atoms with E-state index >= 15 is 0 Å². The topological polar surface area (TPSA) is 90.2 Å². The van der Waals surface area contributed by atoms with Gasteiger partial charge in [-0.1, -0.05) is 19.1 Å². The minimum Gasteiger partial charge on any atom is -0.463 e. The monoisotopic (exact) mass is 387 g/mol. The van der Waals surface area contributed by atoms with Crippen molar-refractivity contribution in [1.82, 2.24) is 4.90 Å². The van der Waals surface area contributed by atoms with Crippen LogP contribution in [0, 0.1) is 34.0 Å². The van der Waals surface area contributed by atoms with E-state index in [9.17, 15) is 20.1 Å². The summed E-state index contributed by atoms with van der Waals surface area (Å²) in [6, 6.07) is 0.245. The Labute approximate surface area is 164 Å². The molecule has 0 aromatic heterocycles. The van der Waals surface area contributed by atoms with Gasteiger partial charge in [0, 0.05) is 48.2 Å². The molecule has 9 aliphatic rings. The number of hydrogen-bond donors (Lipinski definition) is 3. The van der Waals surface area contributed by atoms with Crippen LogP contribution in [0.2, 0.25) is 0 Å². The van der Waals surface area contributed by atoms with E-state index in [1.165, 1.54) is 6.92 Å². The van der Waals surface area contributed by atoms with Gasteiger partial charge < -0.3 is 20.1 Å². The van der Waals surface area contributed by atoms with Crippen LogP contribution in [0.5, 0.6) is 0 Å². The number of aliphatic hydroxyl groups excluding tert-OH is 2. The summed E-state index contributed by atoms with van der Waals surface area (Å²) in [4.78, 5) is 14.3. The average Bonchev–Trinajstić information content (AvgIpc) is 2.97. The highest BCUT2D eigenvalue weighted by atomic mass is 16.5. The van der Waals surface area contributed by atoms with Gasteiger partial charge in [0.05, 0.1) is 12.2 Å². The Balaban J connectivity index is 1.49. The summed E-state index contributed by atoms with van der Waals surface area (Å²) in [5.74, 6) is -0.379. The fourth-order valence-electron chi connectivity index (χ4n) is 11.0. The summed E-state index contributed by atoms with van der Waals surface area (Å²) in [5.41, 5.74) is -1.07. The molecule has 3 N–H and O–H groups in total. The normalized spacial score (nSPS) is 69.3. The van der Waals surface area contributed by atoms with Crippen LogP contribution in [-0.2, 0) is 9.53 Å². The van der Waals surface area contributed by atoms with Gasteiger partial charge in [-0.15, -0.1) is 0 Å². The average molecular weight is 387 g/mol. The van der Waals surface area contributed by atoms with Crippen molar-refractivity contribution in [3.8, 4) is 0 Å². The Bertz CT molecular complexity index is 860. The number of rotatable bonds is 1. The third-order valence-corrected chi connectivity index (χ3v) is 10.6. The fourth-order valence-corrected chi connectivity index (χ4v) is 11.0. The number of fused-ring (bicyclic) bond motifs is 1. The number of nitrogens with zero attached hydrogens (tertiary/aromatic N) is 1. The number of hydrogen-bond acceptors (Lipinski definition) is 6. The molecule has 0 radical (unpaired) electrons. The Morgan fingerprint density at radius 2 is 2.00 bits per heavy atom. The van der Waals surface area contributed by atoms with Crippen LogP contribution in [0.25, 0.3) is 0 Å². The van der Waals surface area contributed by atoms with Gasteiger partial charge in [0.25, 0.3) is 0 Å². The lowest BCUT2D eigenvalue weighted by Gasteiger charge is -2.67. The van der Waals surface area contributed by atoms with Crippen LogP contribution in [0.4, 0.5) is 0 Å². The zero-order valence-corrected chi connectivity index (χ0v) is 16.5. The van der Waals surface area contributed by atoms with Crippen LogP contribution in [0.1, 0.15) is 39.5 Å². The lowest BCUT2D eigenvalue weighted by Crippen LogP contribution is -2.76. The van der Waals surface area contributed by atoms with Crippen molar-refractivity contribution in [1.29, 1.82) is 0 Å². The standard InChI is InChI=1S/C22H29NO5/c1-9-4-20-7-12-15-19(3)5-11(28-10(2)24)6-21(15)16(20)14(25)13(9)17(26)22(20,27)18(21)23(12)8-19/h11-18,25-27H,1,4-8H2,2-3H3/t11-,12-,13+,14+,15+,16+,17+,18-,19-,20+,21-,22-/m0/s1. The van der Waals surface area contributed by atoms with E-state index in [0.29, 0.717) is 24.8 Å². The molecule has 6 heteroatoms. The maximum absolute atomic E-state index is 12.2. The van der Waals surface area contributed by atoms with Crippen molar-refractivity contribution < 1.29 is 24.9 Å². The van der Waals surface area contributed by atoms with Crippen LogP contribution < -0.4 is 0 Å². The number of aliphatic hydroxyl groups is 3. The summed E-state index contributed by atoms with van der Waals surface area (Å²) in [7, 11) is 0. The molecule has 9 fully saturated rings. The predicted octanol–water partition coefficient (Wildman–Crippen LogP) is 0.450. The lowest BCUT2D eigenvalue weighted by atomic mass is 9.39. The molecule has 0 aromatic carbocycles. The van der Waals surface area contributed by atoms with Gasteiger partial charge in [0.15, 0.2) is 0 Å². The third-order valence-electron chi connectivity index (χ3n) is 10.6. The Morgan fingerprint density at radius 1 is 1.25 bits per heavy atom. The molecule has 1 unspecified atom stereocenters. The Morgan fingerprint density at radius 3 is 2.71 bits per heavy atom. The van der Waals surface area contributed by atoms with E-state index in [1.807, 2.05) is 0 Å². The van der Waals surface area contributed by atoms with Gasteiger partial charge in [-0.3, -0.25) is 9.69 Å². The number of piperidine rings is 2. The number of carbonyl (C=O) groups is 1. The van der Waals surface area contributed by atoms with Crippen molar-refractivity contribution >= 4 is 5.97 Å². The SMILES string of the molecule is C=C1C[C@@]23C[C@H]4[C@@H]5[C@@]6(C)C[C@H](OC(C)=O)C[C@@]57[C@@H]2[C@H](O)[C@@H]1[C@@H](O)[C@]3(O)[C@H]7N4C6. The van der Waals surface area contributed by atoms with Crippen LogP contribution in [-0.4, -0.2) is 68.7 Å². The van der Waals surface area contributed by atoms with Gasteiger partial charge in [-0.05, 0) is 37.0 Å². The van der Waals surface area contributed by atoms with Crippen molar-refractivity contribution in [2.75, 3.05) is 6.54 Å². The van der Waals surface area contributed by atoms with Crippen molar-refractivity contribution in [2.24, 2.45) is 34.0 Å². The summed E-state index contributed by atoms with van der Waals surface area (Å²) < 4.78 is 5.75. The molecule has 0 aromatic rings. The predicted molar refractivity (Wildman–Crippen MR) is 97.9 cm³/mol. The highest BCUT2D eigenvalue weighted by Crippen LogP contribution is 2.88. The van der Waals surface area contributed by atoms with Crippen molar-refractivity contribution in [2.45, 2.75) is 75.5 Å². The molecule has 152 valence electrons. The molecule has 2 spiro atoms. The molecule has 3 heterocycles. The second-order valence-corrected chi connectivity index (χ2v) is 11.5.